The van der Waals surface area contributed by atoms with Gasteiger partial charge in [-0.05, 0) is 79.2 Å². The minimum Gasteiger partial charge on any atom is -0.494 e. The van der Waals surface area contributed by atoms with Gasteiger partial charge in [0.2, 0.25) is 5.91 Å². The maximum absolute atomic E-state index is 12.9. The van der Waals surface area contributed by atoms with Crippen molar-refractivity contribution in [3.8, 4) is 17.2 Å². The SMILES string of the molecule is CCOc1ccc(NC(=O)CN2C(=O)S/C(=C/c3ccc(OCc4cccc(C)c4)c(OC)c3)C2=O)cc1. The molecule has 1 saturated heterocycles. The van der Waals surface area contributed by atoms with Crippen LogP contribution in [0.3, 0.4) is 0 Å². The smallest absolute Gasteiger partial charge is 0.294 e. The summed E-state index contributed by atoms with van der Waals surface area (Å²) in [5.41, 5.74) is 3.39. The van der Waals surface area contributed by atoms with Crippen LogP contribution < -0.4 is 19.5 Å². The maximum Gasteiger partial charge on any atom is 0.294 e. The molecule has 0 spiro atoms. The summed E-state index contributed by atoms with van der Waals surface area (Å²) in [5.74, 6) is 0.741. The Hall–Kier alpha value is -4.24. The second-order valence-electron chi connectivity index (χ2n) is 8.46. The highest BCUT2D eigenvalue weighted by Crippen LogP contribution is 2.35. The van der Waals surface area contributed by atoms with E-state index < -0.39 is 17.1 Å². The summed E-state index contributed by atoms with van der Waals surface area (Å²) in [7, 11) is 1.54. The van der Waals surface area contributed by atoms with E-state index in [1.165, 1.54) is 7.11 Å². The highest BCUT2D eigenvalue weighted by Gasteiger charge is 2.36. The van der Waals surface area contributed by atoms with Crippen LogP contribution in [-0.2, 0) is 16.2 Å². The minimum absolute atomic E-state index is 0.222. The molecule has 4 rings (SSSR count). The molecule has 1 fully saturated rings. The number of carbonyl (C=O) groups is 3. The van der Waals surface area contributed by atoms with Crippen LogP contribution in [0.1, 0.15) is 23.6 Å². The number of ether oxygens (including phenoxy) is 3. The molecule has 0 saturated carbocycles. The van der Waals surface area contributed by atoms with E-state index in [9.17, 15) is 14.4 Å². The van der Waals surface area contributed by atoms with E-state index in [-0.39, 0.29) is 11.4 Å². The van der Waals surface area contributed by atoms with Gasteiger partial charge < -0.3 is 19.5 Å². The number of nitrogens with zero attached hydrogens (tertiary/aromatic N) is 1. The van der Waals surface area contributed by atoms with Crippen LogP contribution in [0.5, 0.6) is 17.2 Å². The van der Waals surface area contributed by atoms with Crippen molar-refractivity contribution in [2.24, 2.45) is 0 Å². The van der Waals surface area contributed by atoms with Gasteiger partial charge in [0.25, 0.3) is 11.1 Å². The first kappa shape index (κ1) is 26.8. The van der Waals surface area contributed by atoms with Gasteiger partial charge in [-0.1, -0.05) is 35.9 Å². The normalized spacial score (nSPS) is 14.1. The Kier molecular flexibility index (Phi) is 8.70. The predicted molar refractivity (Wildman–Crippen MR) is 147 cm³/mol. The molecule has 9 heteroatoms. The van der Waals surface area contributed by atoms with E-state index in [1.807, 2.05) is 32.0 Å². The summed E-state index contributed by atoms with van der Waals surface area (Å²) in [6, 6.07) is 20.2. The highest BCUT2D eigenvalue weighted by atomic mass is 32.2. The molecule has 0 bridgehead atoms. The van der Waals surface area contributed by atoms with Gasteiger partial charge >= 0.3 is 0 Å². The Morgan fingerprint density at radius 2 is 1.79 bits per heavy atom. The van der Waals surface area contributed by atoms with Crippen molar-refractivity contribution in [3.05, 3.63) is 88.3 Å². The molecule has 1 N–H and O–H groups in total. The predicted octanol–water partition coefficient (Wildman–Crippen LogP) is 5.66. The van der Waals surface area contributed by atoms with Crippen LogP contribution in [0.15, 0.2) is 71.6 Å². The fourth-order valence-electron chi connectivity index (χ4n) is 3.79. The first-order chi connectivity index (χ1) is 18.4. The van der Waals surface area contributed by atoms with Crippen LogP contribution >= 0.6 is 11.8 Å². The number of thioether (sulfide) groups is 1. The highest BCUT2D eigenvalue weighted by molar-refractivity contribution is 8.18. The lowest BCUT2D eigenvalue weighted by molar-refractivity contribution is -0.127. The monoisotopic (exact) mass is 532 g/mol. The van der Waals surface area contributed by atoms with Crippen molar-refractivity contribution >= 4 is 40.6 Å². The molecule has 8 nitrogen and oxygen atoms in total. The molecule has 3 aromatic carbocycles. The lowest BCUT2D eigenvalue weighted by Crippen LogP contribution is -2.36. The van der Waals surface area contributed by atoms with E-state index in [1.54, 1.807) is 48.5 Å². The lowest BCUT2D eigenvalue weighted by Gasteiger charge is -2.13. The van der Waals surface area contributed by atoms with Crippen molar-refractivity contribution in [1.82, 2.24) is 4.90 Å². The first-order valence-electron chi connectivity index (χ1n) is 12.0. The molecule has 196 valence electrons. The number of nitrogens with one attached hydrogen (secondary N) is 1. The van der Waals surface area contributed by atoms with Crippen LogP contribution in [0.4, 0.5) is 10.5 Å². The summed E-state index contributed by atoms with van der Waals surface area (Å²) in [5, 5.41) is 2.19. The van der Waals surface area contributed by atoms with Crippen molar-refractivity contribution in [1.29, 1.82) is 0 Å². The molecular weight excluding hydrogens is 504 g/mol. The van der Waals surface area contributed by atoms with Crippen molar-refractivity contribution in [2.75, 3.05) is 25.6 Å². The second-order valence-corrected chi connectivity index (χ2v) is 9.45. The third kappa shape index (κ3) is 6.74. The molecular formula is C29H28N2O6S. The molecule has 0 unspecified atom stereocenters. The van der Waals surface area contributed by atoms with Crippen LogP contribution in [0, 0.1) is 6.92 Å². The zero-order chi connectivity index (χ0) is 27.1. The Bertz CT molecular complexity index is 1370. The van der Waals surface area contributed by atoms with Crippen LogP contribution in [0.2, 0.25) is 0 Å². The number of amides is 3. The summed E-state index contributed by atoms with van der Waals surface area (Å²) in [6.45, 7) is 4.44. The molecule has 0 aromatic heterocycles. The van der Waals surface area contributed by atoms with Gasteiger partial charge in [0.05, 0.1) is 18.6 Å². The number of aryl methyl sites for hydroxylation is 1. The standard InChI is InChI=1S/C29H28N2O6S/c1-4-36-23-11-9-22(10-12-23)30-27(32)17-31-28(33)26(38-29(31)34)16-20-8-13-24(25(15-20)35-3)37-18-21-7-5-6-19(2)14-21/h5-16H,4,17-18H2,1-3H3,(H,30,32)/b26-16+. The fraction of sp³-hybridized carbons (Fsp3) is 0.207. The number of hydrogen-bond donors (Lipinski definition) is 1. The molecule has 1 heterocycles. The van der Waals surface area contributed by atoms with Gasteiger partial charge in [0.15, 0.2) is 11.5 Å². The number of imide groups is 1. The number of methoxy groups -OCH3 is 1. The molecule has 0 radical (unpaired) electrons. The maximum atomic E-state index is 12.9. The third-order valence-electron chi connectivity index (χ3n) is 5.59. The van der Waals surface area contributed by atoms with Gasteiger partial charge in [0.1, 0.15) is 18.9 Å². The summed E-state index contributed by atoms with van der Waals surface area (Å²) in [4.78, 5) is 39.0. The number of rotatable bonds is 10. The van der Waals surface area contributed by atoms with Crippen molar-refractivity contribution in [3.63, 3.8) is 0 Å². The van der Waals surface area contributed by atoms with Gasteiger partial charge in [-0.2, -0.15) is 0 Å². The fourth-order valence-corrected chi connectivity index (χ4v) is 4.63. The number of hydrogen-bond acceptors (Lipinski definition) is 7. The average Bonchev–Trinajstić information content (AvgIpc) is 3.16. The molecule has 3 amide bonds. The Balaban J connectivity index is 1.39. The Morgan fingerprint density at radius 1 is 1.00 bits per heavy atom. The van der Waals surface area contributed by atoms with E-state index in [0.717, 1.165) is 27.8 Å². The van der Waals surface area contributed by atoms with Crippen molar-refractivity contribution < 1.29 is 28.6 Å². The van der Waals surface area contributed by atoms with E-state index in [4.69, 9.17) is 14.2 Å². The van der Waals surface area contributed by atoms with E-state index in [0.29, 0.717) is 41.7 Å². The lowest BCUT2D eigenvalue weighted by atomic mass is 10.1. The topological polar surface area (TPSA) is 94.2 Å². The number of carbonyl (C=O) groups excluding carboxylic acids is 3. The molecule has 1 aliphatic heterocycles. The van der Waals surface area contributed by atoms with Gasteiger partial charge in [-0.3, -0.25) is 19.3 Å². The zero-order valence-electron chi connectivity index (χ0n) is 21.4. The molecule has 38 heavy (non-hydrogen) atoms. The molecule has 3 aromatic rings. The summed E-state index contributed by atoms with van der Waals surface area (Å²) < 4.78 is 16.8. The van der Waals surface area contributed by atoms with Crippen molar-refractivity contribution in [2.45, 2.75) is 20.5 Å². The zero-order valence-corrected chi connectivity index (χ0v) is 22.2. The Labute approximate surface area is 225 Å². The van der Waals surface area contributed by atoms with Gasteiger partial charge in [-0.15, -0.1) is 0 Å². The minimum atomic E-state index is -0.527. The van der Waals surface area contributed by atoms with Crippen LogP contribution in [-0.4, -0.2) is 42.2 Å². The summed E-state index contributed by atoms with van der Waals surface area (Å²) in [6.07, 6.45) is 1.60. The first-order valence-corrected chi connectivity index (χ1v) is 12.8. The summed E-state index contributed by atoms with van der Waals surface area (Å²) >= 11 is 0.789. The molecule has 1 aliphatic rings. The molecule has 0 aliphatic carbocycles. The van der Waals surface area contributed by atoms with E-state index >= 15 is 0 Å². The van der Waals surface area contributed by atoms with E-state index in [2.05, 4.69) is 11.4 Å². The Morgan fingerprint density at radius 3 is 2.50 bits per heavy atom. The largest absolute Gasteiger partial charge is 0.494 e. The van der Waals surface area contributed by atoms with Gasteiger partial charge in [0, 0.05) is 5.69 Å². The second kappa shape index (κ2) is 12.3. The quantitative estimate of drug-likeness (QED) is 0.337. The van der Waals surface area contributed by atoms with Gasteiger partial charge in [-0.25, -0.2) is 0 Å². The average molecular weight is 533 g/mol. The number of anilines is 1. The van der Waals surface area contributed by atoms with Crippen LogP contribution in [0.25, 0.3) is 6.08 Å². The number of benzene rings is 3. The third-order valence-corrected chi connectivity index (χ3v) is 6.49. The molecule has 0 atom stereocenters.